The van der Waals surface area contributed by atoms with Crippen LogP contribution in [-0.2, 0) is 0 Å². The highest BCUT2D eigenvalue weighted by Crippen LogP contribution is 2.24. The summed E-state index contributed by atoms with van der Waals surface area (Å²) in [5.74, 6) is 1.75. The smallest absolute Gasteiger partial charge is 0.235 e. The molecule has 0 atom stereocenters. The van der Waals surface area contributed by atoms with E-state index in [1.54, 1.807) is 6.20 Å². The van der Waals surface area contributed by atoms with Gasteiger partial charge in [0.05, 0.1) is 11.9 Å². The highest BCUT2D eigenvalue weighted by Gasteiger charge is 2.10. The van der Waals surface area contributed by atoms with Crippen molar-refractivity contribution in [2.24, 2.45) is 0 Å². The second-order valence-corrected chi connectivity index (χ2v) is 4.34. The molecule has 0 bridgehead atoms. The minimum atomic E-state index is 0.722. The molecule has 18 heavy (non-hydrogen) atoms. The first-order valence-corrected chi connectivity index (χ1v) is 5.82. The average Bonchev–Trinajstić information content (AvgIpc) is 2.83. The van der Waals surface area contributed by atoms with Gasteiger partial charge in [0, 0.05) is 20.3 Å². The van der Waals surface area contributed by atoms with Crippen molar-refractivity contribution in [1.29, 1.82) is 0 Å². The lowest BCUT2D eigenvalue weighted by atomic mass is 10.1. The molecule has 0 spiro atoms. The lowest BCUT2D eigenvalue weighted by molar-refractivity contribution is 1.02. The van der Waals surface area contributed by atoms with Gasteiger partial charge in [0.1, 0.15) is 5.82 Å². The SMILES string of the molecule is CN(C)c1cnc2nccc(-c3ccccc3)n12. The summed E-state index contributed by atoms with van der Waals surface area (Å²) in [5, 5.41) is 0. The molecule has 2 aromatic heterocycles. The molecule has 0 saturated carbocycles. The Morgan fingerprint density at radius 3 is 2.50 bits per heavy atom. The summed E-state index contributed by atoms with van der Waals surface area (Å²) in [6, 6.07) is 12.3. The Hall–Kier alpha value is -2.36. The molecule has 0 unspecified atom stereocenters. The van der Waals surface area contributed by atoms with E-state index in [1.807, 2.05) is 49.5 Å². The quantitative estimate of drug-likeness (QED) is 0.687. The first kappa shape index (κ1) is 10.8. The molecule has 0 amide bonds. The van der Waals surface area contributed by atoms with Crippen LogP contribution in [0.4, 0.5) is 5.82 Å². The first-order chi connectivity index (χ1) is 8.77. The predicted molar refractivity (Wildman–Crippen MR) is 72.8 cm³/mol. The van der Waals surface area contributed by atoms with Gasteiger partial charge in [-0.25, -0.2) is 9.97 Å². The predicted octanol–water partition coefficient (Wildman–Crippen LogP) is 2.46. The van der Waals surface area contributed by atoms with Gasteiger partial charge in [-0.05, 0) is 11.6 Å². The summed E-state index contributed by atoms with van der Waals surface area (Å²) in [4.78, 5) is 10.7. The Balaban J connectivity index is 2.32. The zero-order chi connectivity index (χ0) is 12.5. The van der Waals surface area contributed by atoms with Crippen molar-refractivity contribution in [2.75, 3.05) is 19.0 Å². The zero-order valence-electron chi connectivity index (χ0n) is 10.4. The average molecular weight is 238 g/mol. The molecule has 0 fully saturated rings. The van der Waals surface area contributed by atoms with Crippen LogP contribution in [0.25, 0.3) is 17.0 Å². The molecule has 0 saturated heterocycles. The maximum absolute atomic E-state index is 4.34. The van der Waals surface area contributed by atoms with Crippen LogP contribution >= 0.6 is 0 Å². The zero-order valence-corrected chi connectivity index (χ0v) is 10.4. The summed E-state index contributed by atoms with van der Waals surface area (Å²) in [7, 11) is 4.01. The number of fused-ring (bicyclic) bond motifs is 1. The molecule has 1 aromatic carbocycles. The highest BCUT2D eigenvalue weighted by atomic mass is 15.2. The molecule has 3 rings (SSSR count). The molecule has 2 heterocycles. The van der Waals surface area contributed by atoms with Crippen molar-refractivity contribution in [3.05, 3.63) is 48.8 Å². The summed E-state index contributed by atoms with van der Waals surface area (Å²) < 4.78 is 2.06. The van der Waals surface area contributed by atoms with Crippen LogP contribution in [0.5, 0.6) is 0 Å². The molecule has 0 N–H and O–H groups in total. The summed E-state index contributed by atoms with van der Waals surface area (Å²) >= 11 is 0. The molecular formula is C14H14N4. The maximum atomic E-state index is 4.34. The van der Waals surface area contributed by atoms with Gasteiger partial charge in [0.15, 0.2) is 0 Å². The molecule has 4 heteroatoms. The molecule has 90 valence electrons. The maximum Gasteiger partial charge on any atom is 0.235 e. The van der Waals surface area contributed by atoms with Gasteiger partial charge >= 0.3 is 0 Å². The highest BCUT2D eigenvalue weighted by molar-refractivity contribution is 5.65. The van der Waals surface area contributed by atoms with Crippen LogP contribution in [0.15, 0.2) is 48.8 Å². The Bertz CT molecular complexity index is 671. The number of nitrogens with zero attached hydrogens (tertiary/aromatic N) is 4. The summed E-state index contributed by atoms with van der Waals surface area (Å²) in [6.45, 7) is 0. The Morgan fingerprint density at radius 1 is 1.00 bits per heavy atom. The summed E-state index contributed by atoms with van der Waals surface area (Å²) in [5.41, 5.74) is 2.26. The molecule has 3 aromatic rings. The monoisotopic (exact) mass is 238 g/mol. The number of hydrogen-bond acceptors (Lipinski definition) is 3. The fraction of sp³-hybridized carbons (Fsp3) is 0.143. The standard InChI is InChI=1S/C14H14N4/c1-17(2)13-10-16-14-15-9-8-12(18(13)14)11-6-4-3-5-7-11/h3-10H,1-2H3. The van der Waals surface area contributed by atoms with E-state index in [1.165, 1.54) is 0 Å². The van der Waals surface area contributed by atoms with E-state index in [-0.39, 0.29) is 0 Å². The largest absolute Gasteiger partial charge is 0.362 e. The van der Waals surface area contributed by atoms with Crippen molar-refractivity contribution in [3.63, 3.8) is 0 Å². The van der Waals surface area contributed by atoms with Crippen LogP contribution < -0.4 is 4.90 Å². The van der Waals surface area contributed by atoms with Gasteiger partial charge in [0.25, 0.3) is 0 Å². The molecule has 0 aliphatic heterocycles. The molecule has 0 aliphatic carbocycles. The van der Waals surface area contributed by atoms with E-state index in [0.717, 1.165) is 22.9 Å². The van der Waals surface area contributed by atoms with Gasteiger partial charge in [0.2, 0.25) is 5.78 Å². The molecule has 0 aliphatic rings. The third kappa shape index (κ3) is 1.62. The lowest BCUT2D eigenvalue weighted by Crippen LogP contribution is -2.12. The van der Waals surface area contributed by atoms with Crippen LogP contribution in [0.1, 0.15) is 0 Å². The van der Waals surface area contributed by atoms with Crippen LogP contribution in [0, 0.1) is 0 Å². The van der Waals surface area contributed by atoms with E-state index >= 15 is 0 Å². The van der Waals surface area contributed by atoms with E-state index < -0.39 is 0 Å². The second-order valence-electron chi connectivity index (χ2n) is 4.34. The normalized spacial score (nSPS) is 10.8. The second kappa shape index (κ2) is 4.14. The van der Waals surface area contributed by atoms with Gasteiger partial charge in [-0.15, -0.1) is 0 Å². The van der Waals surface area contributed by atoms with E-state index in [4.69, 9.17) is 0 Å². The van der Waals surface area contributed by atoms with Gasteiger partial charge in [-0.1, -0.05) is 30.3 Å². The van der Waals surface area contributed by atoms with Gasteiger partial charge < -0.3 is 4.90 Å². The number of benzene rings is 1. The number of imidazole rings is 1. The third-order valence-electron chi connectivity index (χ3n) is 2.92. The Morgan fingerprint density at radius 2 is 1.78 bits per heavy atom. The first-order valence-electron chi connectivity index (χ1n) is 5.82. The van der Waals surface area contributed by atoms with Crippen LogP contribution in [0.2, 0.25) is 0 Å². The lowest BCUT2D eigenvalue weighted by Gasteiger charge is -2.14. The number of anilines is 1. The van der Waals surface area contributed by atoms with Crippen molar-refractivity contribution in [1.82, 2.24) is 14.4 Å². The van der Waals surface area contributed by atoms with E-state index in [2.05, 4.69) is 26.5 Å². The van der Waals surface area contributed by atoms with Crippen molar-refractivity contribution >= 4 is 11.6 Å². The summed E-state index contributed by atoms with van der Waals surface area (Å²) in [6.07, 6.45) is 3.64. The van der Waals surface area contributed by atoms with Crippen molar-refractivity contribution in [2.45, 2.75) is 0 Å². The fourth-order valence-corrected chi connectivity index (χ4v) is 2.05. The number of rotatable bonds is 2. The van der Waals surface area contributed by atoms with E-state index in [9.17, 15) is 0 Å². The van der Waals surface area contributed by atoms with Crippen LogP contribution in [-0.4, -0.2) is 28.5 Å². The van der Waals surface area contributed by atoms with Gasteiger partial charge in [-0.3, -0.25) is 4.40 Å². The van der Waals surface area contributed by atoms with E-state index in [0.29, 0.717) is 0 Å². The van der Waals surface area contributed by atoms with Crippen molar-refractivity contribution < 1.29 is 0 Å². The number of hydrogen-bond donors (Lipinski definition) is 0. The Labute approximate surface area is 106 Å². The number of aromatic nitrogens is 3. The van der Waals surface area contributed by atoms with Crippen LogP contribution in [0.3, 0.4) is 0 Å². The minimum Gasteiger partial charge on any atom is -0.362 e. The molecule has 0 radical (unpaired) electrons. The molecular weight excluding hydrogens is 224 g/mol. The van der Waals surface area contributed by atoms with Gasteiger partial charge in [-0.2, -0.15) is 0 Å². The minimum absolute atomic E-state index is 0.722. The topological polar surface area (TPSA) is 33.4 Å². The third-order valence-corrected chi connectivity index (χ3v) is 2.92. The van der Waals surface area contributed by atoms with Crippen molar-refractivity contribution in [3.8, 4) is 11.3 Å². The fourth-order valence-electron chi connectivity index (χ4n) is 2.05. The molecule has 4 nitrogen and oxygen atoms in total. The Kier molecular flexibility index (Phi) is 2.48.